The molecule has 2 aromatic rings. The highest BCUT2D eigenvalue weighted by molar-refractivity contribution is 6.07. The highest BCUT2D eigenvalue weighted by Crippen LogP contribution is 2.32. The Balaban J connectivity index is 1.50. The van der Waals surface area contributed by atoms with Crippen LogP contribution in [-0.2, 0) is 9.59 Å². The molecule has 1 fully saturated rings. The normalized spacial score (nSPS) is 23.4. The highest BCUT2D eigenvalue weighted by atomic mass is 16.2. The number of para-hydroxylation sites is 1. The van der Waals surface area contributed by atoms with Gasteiger partial charge in [-0.05, 0) is 38.1 Å². The topological polar surface area (TPSA) is 120 Å². The van der Waals surface area contributed by atoms with Gasteiger partial charge in [0.15, 0.2) is 0 Å². The molecule has 0 saturated carbocycles. The maximum Gasteiger partial charge on any atom is 0.270 e. The molecule has 31 heavy (non-hydrogen) atoms. The summed E-state index contributed by atoms with van der Waals surface area (Å²) in [5, 5.41) is 8.40. The molecule has 3 N–H and O–H groups in total. The van der Waals surface area contributed by atoms with E-state index in [1.54, 1.807) is 56.3 Å². The third kappa shape index (κ3) is 3.86. The summed E-state index contributed by atoms with van der Waals surface area (Å²) in [6.45, 7) is 3.63. The fraction of sp³-hybridized carbons (Fsp3) is 0.318. The Morgan fingerprint density at radius 1 is 1.19 bits per heavy atom. The van der Waals surface area contributed by atoms with Crippen molar-refractivity contribution in [1.29, 1.82) is 0 Å². The molecule has 2 aliphatic rings. The van der Waals surface area contributed by atoms with E-state index in [-0.39, 0.29) is 36.5 Å². The van der Waals surface area contributed by atoms with E-state index in [9.17, 15) is 19.2 Å². The van der Waals surface area contributed by atoms with E-state index in [1.165, 1.54) is 11.1 Å². The molecular weight excluding hydrogens is 398 g/mol. The Morgan fingerprint density at radius 3 is 2.68 bits per heavy atom. The first-order valence-corrected chi connectivity index (χ1v) is 10.0. The van der Waals surface area contributed by atoms with Crippen LogP contribution in [0.3, 0.4) is 0 Å². The molecule has 0 spiro atoms. The predicted molar refractivity (Wildman–Crippen MR) is 112 cm³/mol. The molecule has 0 unspecified atom stereocenters. The van der Waals surface area contributed by atoms with Crippen LogP contribution in [0.5, 0.6) is 0 Å². The summed E-state index contributed by atoms with van der Waals surface area (Å²) >= 11 is 0. The molecule has 0 aliphatic carbocycles. The summed E-state index contributed by atoms with van der Waals surface area (Å²) in [6, 6.07) is 10.9. The molecule has 9 nitrogen and oxygen atoms in total. The van der Waals surface area contributed by atoms with Crippen molar-refractivity contribution in [2.24, 2.45) is 5.92 Å². The quantitative estimate of drug-likeness (QED) is 0.677. The molecule has 0 radical (unpaired) electrons. The van der Waals surface area contributed by atoms with Gasteiger partial charge in [0.2, 0.25) is 11.8 Å². The van der Waals surface area contributed by atoms with Crippen LogP contribution >= 0.6 is 0 Å². The van der Waals surface area contributed by atoms with E-state index in [0.717, 1.165) is 0 Å². The molecule has 4 amide bonds. The summed E-state index contributed by atoms with van der Waals surface area (Å²) < 4.78 is 0. The summed E-state index contributed by atoms with van der Waals surface area (Å²) in [6.07, 6.45) is 1.50. The van der Waals surface area contributed by atoms with Crippen molar-refractivity contribution >= 4 is 29.3 Å². The van der Waals surface area contributed by atoms with Crippen LogP contribution in [0.4, 0.5) is 5.69 Å². The molecule has 3 heterocycles. The number of rotatable bonds is 3. The van der Waals surface area contributed by atoms with Crippen molar-refractivity contribution in [2.45, 2.75) is 25.4 Å². The summed E-state index contributed by atoms with van der Waals surface area (Å²) in [4.78, 5) is 56.6. The molecule has 160 valence electrons. The van der Waals surface area contributed by atoms with Crippen LogP contribution < -0.4 is 16.0 Å². The van der Waals surface area contributed by atoms with Crippen LogP contribution in [0.25, 0.3) is 0 Å². The van der Waals surface area contributed by atoms with Gasteiger partial charge in [0.05, 0.1) is 22.7 Å². The first kappa shape index (κ1) is 20.5. The van der Waals surface area contributed by atoms with E-state index in [1.807, 2.05) is 0 Å². The Hall–Kier alpha value is -3.75. The second-order valence-electron chi connectivity index (χ2n) is 8.09. The maximum atomic E-state index is 13.0. The lowest BCUT2D eigenvalue weighted by atomic mass is 9.86. The van der Waals surface area contributed by atoms with Crippen molar-refractivity contribution < 1.29 is 19.2 Å². The van der Waals surface area contributed by atoms with E-state index >= 15 is 0 Å². The van der Waals surface area contributed by atoms with Gasteiger partial charge in [-0.15, -0.1) is 0 Å². The number of likely N-dealkylation sites (tertiary alicyclic amines) is 1. The number of carbonyl (C=O) groups is 4. The van der Waals surface area contributed by atoms with Crippen molar-refractivity contribution in [3.05, 3.63) is 59.9 Å². The number of pyridine rings is 1. The van der Waals surface area contributed by atoms with Gasteiger partial charge in [0.25, 0.3) is 11.8 Å². The molecule has 0 bridgehead atoms. The zero-order valence-electron chi connectivity index (χ0n) is 17.2. The Labute approximate surface area is 179 Å². The zero-order valence-corrected chi connectivity index (χ0v) is 17.2. The molecule has 4 rings (SSSR count). The average Bonchev–Trinajstić information content (AvgIpc) is 3.10. The number of aromatic nitrogens is 1. The van der Waals surface area contributed by atoms with Crippen molar-refractivity contribution in [2.75, 3.05) is 18.4 Å². The van der Waals surface area contributed by atoms with Crippen molar-refractivity contribution in [1.82, 2.24) is 20.5 Å². The Bertz CT molecular complexity index is 1060. The maximum absolute atomic E-state index is 13.0. The Kier molecular flexibility index (Phi) is 5.18. The first-order chi connectivity index (χ1) is 14.8. The Morgan fingerprint density at radius 2 is 1.94 bits per heavy atom. The minimum absolute atomic E-state index is 0.132. The predicted octanol–water partition coefficient (Wildman–Crippen LogP) is 0.799. The molecule has 1 aromatic heterocycles. The third-order valence-electron chi connectivity index (χ3n) is 5.76. The summed E-state index contributed by atoms with van der Waals surface area (Å²) in [7, 11) is 0. The van der Waals surface area contributed by atoms with Gasteiger partial charge in [-0.3, -0.25) is 24.2 Å². The SMILES string of the molecule is C[C@@H](NC(=O)c1ccccn1)C(=O)N1C[C@H]2C(=O)Nc3ccccc3C(=O)N[C@@]2(C)C1. The van der Waals surface area contributed by atoms with Gasteiger partial charge in [0, 0.05) is 19.3 Å². The number of nitrogens with zero attached hydrogens (tertiary/aromatic N) is 2. The van der Waals surface area contributed by atoms with Crippen LogP contribution in [0.2, 0.25) is 0 Å². The van der Waals surface area contributed by atoms with Crippen LogP contribution in [0.1, 0.15) is 34.7 Å². The molecular formula is C22H23N5O4. The number of hydrogen-bond donors (Lipinski definition) is 3. The lowest BCUT2D eigenvalue weighted by Gasteiger charge is -2.33. The molecule has 3 atom stereocenters. The van der Waals surface area contributed by atoms with Crippen molar-refractivity contribution in [3.8, 4) is 0 Å². The van der Waals surface area contributed by atoms with Gasteiger partial charge >= 0.3 is 0 Å². The molecule has 1 aromatic carbocycles. The monoisotopic (exact) mass is 421 g/mol. The second kappa shape index (κ2) is 7.82. The summed E-state index contributed by atoms with van der Waals surface area (Å²) in [5.74, 6) is -2.01. The van der Waals surface area contributed by atoms with E-state index < -0.39 is 23.4 Å². The standard InChI is InChI=1S/C22H23N5O4/c1-13(24-20(30)17-9-5-6-10-23-17)21(31)27-11-15-19(29)25-16-8-4-3-7-14(16)18(28)26-22(15,2)12-27/h3-10,13,15H,11-12H2,1-2H3,(H,24,30)(H,25,29)(H,26,28)/t13-,15+,22+/m1/s1. The largest absolute Gasteiger partial charge is 0.344 e. The number of nitrogens with one attached hydrogen (secondary N) is 3. The van der Waals surface area contributed by atoms with Gasteiger partial charge in [-0.1, -0.05) is 18.2 Å². The van der Waals surface area contributed by atoms with Gasteiger partial charge in [0.1, 0.15) is 11.7 Å². The van der Waals surface area contributed by atoms with Gasteiger partial charge in [-0.25, -0.2) is 0 Å². The highest BCUT2D eigenvalue weighted by Gasteiger charge is 2.51. The van der Waals surface area contributed by atoms with Gasteiger partial charge < -0.3 is 20.9 Å². The van der Waals surface area contributed by atoms with E-state index in [0.29, 0.717) is 11.3 Å². The number of anilines is 1. The lowest BCUT2D eigenvalue weighted by Crippen LogP contribution is -2.56. The van der Waals surface area contributed by atoms with Crippen LogP contribution in [0, 0.1) is 5.92 Å². The van der Waals surface area contributed by atoms with Crippen LogP contribution in [-0.4, -0.2) is 58.2 Å². The minimum atomic E-state index is -0.935. The first-order valence-electron chi connectivity index (χ1n) is 10.0. The molecule has 9 heteroatoms. The number of benzene rings is 1. The number of carbonyl (C=O) groups excluding carboxylic acids is 4. The third-order valence-corrected chi connectivity index (χ3v) is 5.76. The number of fused-ring (bicyclic) bond motifs is 2. The van der Waals surface area contributed by atoms with E-state index in [4.69, 9.17) is 0 Å². The summed E-state index contributed by atoms with van der Waals surface area (Å²) in [5.41, 5.74) is 0.0837. The number of amides is 4. The number of hydrogen-bond acceptors (Lipinski definition) is 5. The molecule has 2 aliphatic heterocycles. The second-order valence-corrected chi connectivity index (χ2v) is 8.09. The minimum Gasteiger partial charge on any atom is -0.344 e. The van der Waals surface area contributed by atoms with Gasteiger partial charge in [-0.2, -0.15) is 0 Å². The van der Waals surface area contributed by atoms with E-state index in [2.05, 4.69) is 20.9 Å². The van der Waals surface area contributed by atoms with Crippen LogP contribution in [0.15, 0.2) is 48.7 Å². The fourth-order valence-corrected chi connectivity index (χ4v) is 4.10. The zero-order chi connectivity index (χ0) is 22.2. The lowest BCUT2D eigenvalue weighted by molar-refractivity contribution is -0.132. The molecule has 1 saturated heterocycles. The average molecular weight is 421 g/mol. The fourth-order valence-electron chi connectivity index (χ4n) is 4.10. The smallest absolute Gasteiger partial charge is 0.270 e. The van der Waals surface area contributed by atoms with Crippen molar-refractivity contribution in [3.63, 3.8) is 0 Å².